The van der Waals surface area contributed by atoms with E-state index in [1.165, 1.54) is 0 Å². The number of cyclic esters (lactones) is 1. The Hall–Kier alpha value is -2.22. The summed E-state index contributed by atoms with van der Waals surface area (Å²) in [6.45, 7) is 14.1. The molecule has 0 amide bonds. The van der Waals surface area contributed by atoms with Crippen LogP contribution in [0, 0.1) is 0 Å². The molecule has 1 unspecified atom stereocenters. The zero-order chi connectivity index (χ0) is 21.1. The fourth-order valence-corrected chi connectivity index (χ4v) is 3.58. The molecule has 0 bridgehead atoms. The first-order valence-corrected chi connectivity index (χ1v) is 12.0. The molecule has 1 aliphatic heterocycles. The number of ether oxygens (including phenoxy) is 2. The second-order valence-corrected chi connectivity index (χ2v) is 13.0. The van der Waals surface area contributed by atoms with E-state index >= 15 is 0 Å². The standard InChI is InChI=1S/C21H28O6Si/c1-14(19(23)25-13-15-10-8-7-9-11-15)18(16-12-17(22)26-20(16)24)27-28(5,6)21(2,3)4/h7-12,18,20,24H,1,13H2,2-6H3/t18-,20?/m0/s1. The molecule has 0 fully saturated rings. The summed E-state index contributed by atoms with van der Waals surface area (Å²) in [5.74, 6) is -1.34. The van der Waals surface area contributed by atoms with Crippen LogP contribution in [-0.2, 0) is 30.1 Å². The van der Waals surface area contributed by atoms with Crippen LogP contribution in [0.4, 0.5) is 0 Å². The van der Waals surface area contributed by atoms with Crippen molar-refractivity contribution < 1.29 is 28.6 Å². The minimum absolute atomic E-state index is 0.0179. The molecule has 0 spiro atoms. The molecule has 1 aromatic rings. The van der Waals surface area contributed by atoms with Crippen molar-refractivity contribution in [3.8, 4) is 0 Å². The molecule has 0 saturated carbocycles. The van der Waals surface area contributed by atoms with E-state index in [2.05, 4.69) is 6.58 Å². The van der Waals surface area contributed by atoms with Crippen molar-refractivity contribution in [3.05, 3.63) is 59.7 Å². The minimum Gasteiger partial charge on any atom is -0.457 e. The van der Waals surface area contributed by atoms with Gasteiger partial charge in [-0.2, -0.15) is 0 Å². The Morgan fingerprint density at radius 2 is 1.89 bits per heavy atom. The van der Waals surface area contributed by atoms with Gasteiger partial charge in [-0.05, 0) is 23.7 Å². The van der Waals surface area contributed by atoms with Gasteiger partial charge < -0.3 is 19.0 Å². The third-order valence-corrected chi connectivity index (χ3v) is 9.55. The van der Waals surface area contributed by atoms with E-state index in [9.17, 15) is 14.7 Å². The molecule has 0 aromatic heterocycles. The Labute approximate surface area is 166 Å². The Morgan fingerprint density at radius 3 is 2.39 bits per heavy atom. The summed E-state index contributed by atoms with van der Waals surface area (Å²) in [7, 11) is -2.37. The van der Waals surface area contributed by atoms with E-state index in [1.54, 1.807) is 0 Å². The van der Waals surface area contributed by atoms with Crippen molar-refractivity contribution >= 4 is 20.3 Å². The molecule has 1 aromatic carbocycles. The predicted octanol–water partition coefficient (Wildman–Crippen LogP) is 3.48. The highest BCUT2D eigenvalue weighted by atomic mass is 28.4. The van der Waals surface area contributed by atoms with Crippen molar-refractivity contribution in [1.29, 1.82) is 0 Å². The molecule has 1 aliphatic rings. The van der Waals surface area contributed by atoms with E-state index in [4.69, 9.17) is 13.9 Å². The number of aliphatic hydroxyl groups excluding tert-OH is 1. The Balaban J connectivity index is 2.22. The number of rotatable bonds is 7. The molecule has 7 heteroatoms. The zero-order valence-electron chi connectivity index (χ0n) is 17.0. The first-order valence-electron chi connectivity index (χ1n) is 9.10. The van der Waals surface area contributed by atoms with E-state index in [1.807, 2.05) is 64.2 Å². The van der Waals surface area contributed by atoms with Crippen LogP contribution in [-0.4, -0.2) is 37.8 Å². The predicted molar refractivity (Wildman–Crippen MR) is 108 cm³/mol. The number of hydrogen-bond donors (Lipinski definition) is 1. The van der Waals surface area contributed by atoms with E-state index in [0.717, 1.165) is 11.6 Å². The van der Waals surface area contributed by atoms with Crippen molar-refractivity contribution in [2.45, 2.75) is 57.9 Å². The summed E-state index contributed by atoms with van der Waals surface area (Å²) >= 11 is 0. The van der Waals surface area contributed by atoms with Gasteiger partial charge in [0, 0.05) is 11.6 Å². The van der Waals surface area contributed by atoms with Crippen LogP contribution in [0.5, 0.6) is 0 Å². The van der Waals surface area contributed by atoms with Gasteiger partial charge in [0.05, 0.1) is 5.57 Å². The van der Waals surface area contributed by atoms with E-state index < -0.39 is 32.6 Å². The third-order valence-electron chi connectivity index (χ3n) is 5.11. The van der Waals surface area contributed by atoms with Gasteiger partial charge in [0.25, 0.3) is 0 Å². The lowest BCUT2D eigenvalue weighted by molar-refractivity contribution is -0.151. The zero-order valence-corrected chi connectivity index (χ0v) is 18.0. The number of hydrogen-bond acceptors (Lipinski definition) is 6. The second-order valence-electron chi connectivity index (χ2n) is 8.28. The molecular formula is C21H28O6Si. The molecular weight excluding hydrogens is 376 g/mol. The molecule has 2 rings (SSSR count). The lowest BCUT2D eigenvalue weighted by Gasteiger charge is -2.40. The van der Waals surface area contributed by atoms with Crippen molar-refractivity contribution in [2.24, 2.45) is 0 Å². The van der Waals surface area contributed by atoms with Gasteiger partial charge in [-0.15, -0.1) is 0 Å². The smallest absolute Gasteiger partial charge is 0.336 e. The van der Waals surface area contributed by atoms with Crippen LogP contribution in [0.25, 0.3) is 0 Å². The topological polar surface area (TPSA) is 82.1 Å². The van der Waals surface area contributed by atoms with Crippen LogP contribution in [0.15, 0.2) is 54.1 Å². The molecule has 2 atom stereocenters. The lowest BCUT2D eigenvalue weighted by Crippen LogP contribution is -2.46. The van der Waals surface area contributed by atoms with Crippen LogP contribution in [0.2, 0.25) is 18.1 Å². The Bertz CT molecular complexity index is 776. The molecule has 6 nitrogen and oxygen atoms in total. The van der Waals surface area contributed by atoms with Crippen LogP contribution < -0.4 is 0 Å². The molecule has 28 heavy (non-hydrogen) atoms. The van der Waals surface area contributed by atoms with Gasteiger partial charge in [-0.1, -0.05) is 57.7 Å². The van der Waals surface area contributed by atoms with Crippen LogP contribution >= 0.6 is 0 Å². The summed E-state index contributed by atoms with van der Waals surface area (Å²) in [6.07, 6.45) is -1.32. The number of esters is 2. The SMILES string of the molecule is C=C(C(=O)OCc1ccccc1)[C@H](O[Si](C)(C)C(C)(C)C)C1=CC(=O)OC1O. The quantitative estimate of drug-likeness (QED) is 0.426. The molecule has 0 radical (unpaired) electrons. The normalized spacial score (nSPS) is 18.3. The average Bonchev–Trinajstić information content (AvgIpc) is 2.95. The van der Waals surface area contributed by atoms with E-state index in [0.29, 0.717) is 0 Å². The third kappa shape index (κ3) is 5.18. The maximum Gasteiger partial charge on any atom is 0.336 e. The molecule has 1 N–H and O–H groups in total. The Kier molecular flexibility index (Phi) is 6.64. The second kappa shape index (κ2) is 8.42. The lowest BCUT2D eigenvalue weighted by atomic mass is 10.0. The monoisotopic (exact) mass is 404 g/mol. The van der Waals surface area contributed by atoms with Gasteiger partial charge in [-0.3, -0.25) is 0 Å². The van der Waals surface area contributed by atoms with Crippen LogP contribution in [0.1, 0.15) is 26.3 Å². The van der Waals surface area contributed by atoms with Crippen molar-refractivity contribution in [2.75, 3.05) is 0 Å². The highest BCUT2D eigenvalue weighted by Crippen LogP contribution is 2.40. The molecule has 0 saturated heterocycles. The van der Waals surface area contributed by atoms with Gasteiger partial charge in [0.1, 0.15) is 12.7 Å². The number of carbonyl (C=O) groups excluding carboxylic acids is 2. The van der Waals surface area contributed by atoms with E-state index in [-0.39, 0.29) is 22.8 Å². The Morgan fingerprint density at radius 1 is 1.29 bits per heavy atom. The summed E-state index contributed by atoms with van der Waals surface area (Å²) < 4.78 is 16.5. The first kappa shape index (κ1) is 22.1. The summed E-state index contributed by atoms with van der Waals surface area (Å²) in [5, 5.41) is 9.94. The fraction of sp³-hybridized carbons (Fsp3) is 0.429. The van der Waals surface area contributed by atoms with Crippen molar-refractivity contribution in [3.63, 3.8) is 0 Å². The number of aliphatic hydroxyl groups is 1. The summed E-state index contributed by atoms with van der Waals surface area (Å²) in [4.78, 5) is 24.2. The number of benzene rings is 1. The molecule has 0 aliphatic carbocycles. The van der Waals surface area contributed by atoms with Gasteiger partial charge in [0.2, 0.25) is 6.29 Å². The maximum absolute atomic E-state index is 12.6. The average molecular weight is 405 g/mol. The fourth-order valence-electron chi connectivity index (χ4n) is 2.36. The largest absolute Gasteiger partial charge is 0.457 e. The minimum atomic E-state index is -2.37. The highest BCUT2D eigenvalue weighted by Gasteiger charge is 2.44. The van der Waals surface area contributed by atoms with Gasteiger partial charge in [0.15, 0.2) is 8.32 Å². The molecule has 1 heterocycles. The molecule has 152 valence electrons. The first-order chi connectivity index (χ1) is 12.9. The van der Waals surface area contributed by atoms with Gasteiger partial charge >= 0.3 is 11.9 Å². The summed E-state index contributed by atoms with van der Waals surface area (Å²) in [6, 6.07) is 9.26. The maximum atomic E-state index is 12.6. The van der Waals surface area contributed by atoms with Gasteiger partial charge in [-0.25, -0.2) is 9.59 Å². The number of carbonyl (C=O) groups is 2. The van der Waals surface area contributed by atoms with Crippen molar-refractivity contribution in [1.82, 2.24) is 0 Å². The van der Waals surface area contributed by atoms with Crippen LogP contribution in [0.3, 0.4) is 0 Å². The summed E-state index contributed by atoms with van der Waals surface area (Å²) in [5.41, 5.74) is 1.02. The highest BCUT2D eigenvalue weighted by molar-refractivity contribution is 6.74.